The molecule has 0 fully saturated rings. The second-order valence-electron chi connectivity index (χ2n) is 8.57. The Morgan fingerprint density at radius 1 is 0.971 bits per heavy atom. The second kappa shape index (κ2) is 15.4. The Morgan fingerprint density at radius 2 is 1.54 bits per heavy atom. The molecule has 196 valence electrons. The van der Waals surface area contributed by atoms with E-state index in [2.05, 4.69) is 16.0 Å². The lowest BCUT2D eigenvalue weighted by Gasteiger charge is -2.27. The van der Waals surface area contributed by atoms with E-state index >= 15 is 0 Å². The number of carbonyl (C=O) groups is 4. The van der Waals surface area contributed by atoms with Gasteiger partial charge >= 0.3 is 5.97 Å². The van der Waals surface area contributed by atoms with Crippen LogP contribution in [0.5, 0.6) is 0 Å². The monoisotopic (exact) mass is 510 g/mol. The van der Waals surface area contributed by atoms with Crippen molar-refractivity contribution in [2.24, 2.45) is 11.7 Å². The normalized spacial score (nSPS) is 16.2. The Morgan fingerprint density at radius 3 is 2.06 bits per heavy atom. The predicted molar refractivity (Wildman–Crippen MR) is 136 cm³/mol. The van der Waals surface area contributed by atoms with E-state index in [1.165, 1.54) is 18.7 Å². The zero-order chi connectivity index (χ0) is 26.5. The SMILES string of the molecule is CCC(C)C(NC(=O)C(CCSC)NC(=O)C(Cc1ccccc1)NC(=O)C(N)C(C)O)C(=O)O. The average Bonchev–Trinajstić information content (AvgIpc) is 2.83. The molecule has 6 atom stereocenters. The van der Waals surface area contributed by atoms with Gasteiger partial charge in [0, 0.05) is 6.42 Å². The molecule has 0 aliphatic carbocycles. The van der Waals surface area contributed by atoms with Crippen molar-refractivity contribution in [1.82, 2.24) is 16.0 Å². The number of benzene rings is 1. The molecular weight excluding hydrogens is 472 g/mol. The van der Waals surface area contributed by atoms with Crippen molar-refractivity contribution in [3.05, 3.63) is 35.9 Å². The number of aliphatic hydroxyl groups is 1. The van der Waals surface area contributed by atoms with Crippen LogP contribution >= 0.6 is 11.8 Å². The summed E-state index contributed by atoms with van der Waals surface area (Å²) >= 11 is 1.48. The van der Waals surface area contributed by atoms with Gasteiger partial charge in [0.15, 0.2) is 0 Å². The Bertz CT molecular complexity index is 839. The number of aliphatic hydroxyl groups excluding tert-OH is 1. The Balaban J connectivity index is 3.10. The van der Waals surface area contributed by atoms with E-state index in [-0.39, 0.29) is 18.8 Å². The molecule has 0 saturated carbocycles. The number of amides is 3. The van der Waals surface area contributed by atoms with E-state index in [1.54, 1.807) is 31.2 Å². The Kier molecular flexibility index (Phi) is 13.4. The number of nitrogens with two attached hydrogens (primary N) is 1. The maximum Gasteiger partial charge on any atom is 0.326 e. The molecule has 0 aromatic heterocycles. The third-order valence-corrected chi connectivity index (χ3v) is 6.40. The van der Waals surface area contributed by atoms with E-state index < -0.39 is 54.0 Å². The Hall–Kier alpha value is -2.63. The molecule has 0 radical (unpaired) electrons. The first-order valence-electron chi connectivity index (χ1n) is 11.6. The average molecular weight is 511 g/mol. The summed E-state index contributed by atoms with van der Waals surface area (Å²) in [6.45, 7) is 4.93. The highest BCUT2D eigenvalue weighted by Crippen LogP contribution is 2.10. The zero-order valence-corrected chi connectivity index (χ0v) is 21.5. The summed E-state index contributed by atoms with van der Waals surface area (Å²) in [5.74, 6) is -2.84. The van der Waals surface area contributed by atoms with Crippen LogP contribution in [-0.2, 0) is 25.6 Å². The first kappa shape index (κ1) is 30.4. The van der Waals surface area contributed by atoms with Crippen LogP contribution in [0.2, 0.25) is 0 Å². The van der Waals surface area contributed by atoms with Crippen LogP contribution in [0.4, 0.5) is 0 Å². The van der Waals surface area contributed by atoms with Gasteiger partial charge in [0.25, 0.3) is 0 Å². The van der Waals surface area contributed by atoms with Crippen molar-refractivity contribution in [1.29, 1.82) is 0 Å². The second-order valence-corrected chi connectivity index (χ2v) is 9.56. The number of thioether (sulfide) groups is 1. The van der Waals surface area contributed by atoms with E-state index in [0.29, 0.717) is 12.2 Å². The minimum Gasteiger partial charge on any atom is -0.480 e. The molecule has 11 heteroatoms. The van der Waals surface area contributed by atoms with Crippen molar-refractivity contribution in [3.63, 3.8) is 0 Å². The predicted octanol–water partition coefficient (Wildman–Crippen LogP) is 0.275. The highest BCUT2D eigenvalue weighted by molar-refractivity contribution is 7.98. The largest absolute Gasteiger partial charge is 0.480 e. The van der Waals surface area contributed by atoms with Crippen LogP contribution in [0.25, 0.3) is 0 Å². The summed E-state index contributed by atoms with van der Waals surface area (Å²) in [4.78, 5) is 50.4. The van der Waals surface area contributed by atoms with Gasteiger partial charge in [0.2, 0.25) is 17.7 Å². The summed E-state index contributed by atoms with van der Waals surface area (Å²) < 4.78 is 0. The molecule has 7 N–H and O–H groups in total. The van der Waals surface area contributed by atoms with Gasteiger partial charge in [-0.05, 0) is 36.8 Å². The number of aliphatic carboxylic acids is 1. The van der Waals surface area contributed by atoms with Crippen LogP contribution in [-0.4, -0.2) is 76.2 Å². The highest BCUT2D eigenvalue weighted by atomic mass is 32.2. The standard InChI is InChI=1S/C24H38N4O6S/c1-5-14(2)20(24(33)34)28-21(30)17(11-12-35-4)26-22(31)18(13-16-9-7-6-8-10-16)27-23(32)19(25)15(3)29/h6-10,14-15,17-20,29H,5,11-13,25H2,1-4H3,(H,26,31)(H,27,32)(H,28,30)(H,33,34). The molecule has 0 saturated heterocycles. The molecule has 0 aliphatic heterocycles. The summed E-state index contributed by atoms with van der Waals surface area (Å²) in [6, 6.07) is 4.61. The number of carboxylic acid groups (broad SMARTS) is 1. The third kappa shape index (κ3) is 10.3. The van der Waals surface area contributed by atoms with Crippen LogP contribution in [0, 0.1) is 5.92 Å². The fourth-order valence-corrected chi connectivity index (χ4v) is 3.73. The van der Waals surface area contributed by atoms with Crippen molar-refractivity contribution in [3.8, 4) is 0 Å². The molecule has 1 rings (SSSR count). The van der Waals surface area contributed by atoms with Crippen LogP contribution < -0.4 is 21.7 Å². The molecule has 6 unspecified atom stereocenters. The van der Waals surface area contributed by atoms with E-state index in [1.807, 2.05) is 19.2 Å². The highest BCUT2D eigenvalue weighted by Gasteiger charge is 2.32. The molecule has 1 aromatic carbocycles. The number of hydrogen-bond acceptors (Lipinski definition) is 7. The lowest BCUT2D eigenvalue weighted by Crippen LogP contribution is -2.59. The minimum atomic E-state index is -1.23. The van der Waals surface area contributed by atoms with Gasteiger partial charge in [-0.15, -0.1) is 0 Å². The smallest absolute Gasteiger partial charge is 0.326 e. The van der Waals surface area contributed by atoms with E-state index in [0.717, 1.165) is 5.56 Å². The molecule has 0 heterocycles. The van der Waals surface area contributed by atoms with Gasteiger partial charge in [0.1, 0.15) is 24.2 Å². The molecule has 3 amide bonds. The van der Waals surface area contributed by atoms with Gasteiger partial charge in [-0.25, -0.2) is 4.79 Å². The molecule has 35 heavy (non-hydrogen) atoms. The number of rotatable bonds is 15. The van der Waals surface area contributed by atoms with Crippen LogP contribution in [0.3, 0.4) is 0 Å². The maximum absolute atomic E-state index is 13.2. The first-order valence-corrected chi connectivity index (χ1v) is 13.0. The number of nitrogens with one attached hydrogen (secondary N) is 3. The van der Waals surface area contributed by atoms with Crippen LogP contribution in [0.15, 0.2) is 30.3 Å². The fraction of sp³-hybridized carbons (Fsp3) is 0.583. The molecule has 0 spiro atoms. The number of carbonyl (C=O) groups excluding carboxylic acids is 3. The third-order valence-electron chi connectivity index (χ3n) is 5.76. The van der Waals surface area contributed by atoms with Gasteiger partial charge in [-0.2, -0.15) is 11.8 Å². The number of carboxylic acids is 1. The van der Waals surface area contributed by atoms with E-state index in [9.17, 15) is 29.4 Å². The first-order chi connectivity index (χ1) is 16.5. The maximum atomic E-state index is 13.2. The van der Waals surface area contributed by atoms with Gasteiger partial charge in [-0.1, -0.05) is 50.6 Å². The minimum absolute atomic E-state index is 0.131. The van der Waals surface area contributed by atoms with Crippen molar-refractivity contribution < 1.29 is 29.4 Å². The molecule has 0 aliphatic rings. The molecule has 0 bridgehead atoms. The summed E-state index contributed by atoms with van der Waals surface area (Å²) in [6.07, 6.45) is 1.68. The molecule has 1 aromatic rings. The topological polar surface area (TPSA) is 171 Å². The zero-order valence-electron chi connectivity index (χ0n) is 20.7. The lowest BCUT2D eigenvalue weighted by atomic mass is 9.98. The van der Waals surface area contributed by atoms with Crippen molar-refractivity contribution in [2.75, 3.05) is 12.0 Å². The van der Waals surface area contributed by atoms with Crippen LogP contribution in [0.1, 0.15) is 39.2 Å². The summed E-state index contributed by atoms with van der Waals surface area (Å²) in [7, 11) is 0. The van der Waals surface area contributed by atoms with Crippen molar-refractivity contribution >= 4 is 35.5 Å². The lowest BCUT2D eigenvalue weighted by molar-refractivity contribution is -0.143. The van der Waals surface area contributed by atoms with Crippen molar-refractivity contribution in [2.45, 2.75) is 70.3 Å². The Labute approximate surface area is 210 Å². The summed E-state index contributed by atoms with van der Waals surface area (Å²) in [5.41, 5.74) is 6.50. The van der Waals surface area contributed by atoms with E-state index in [4.69, 9.17) is 5.73 Å². The molecular formula is C24H38N4O6S. The van der Waals surface area contributed by atoms with Gasteiger partial charge in [0.05, 0.1) is 6.10 Å². The fourth-order valence-electron chi connectivity index (χ4n) is 3.26. The van der Waals surface area contributed by atoms with Gasteiger partial charge in [-0.3, -0.25) is 14.4 Å². The molecule has 10 nitrogen and oxygen atoms in total. The summed E-state index contributed by atoms with van der Waals surface area (Å²) in [5, 5.41) is 27.0. The number of hydrogen-bond donors (Lipinski definition) is 6. The van der Waals surface area contributed by atoms with Gasteiger partial charge < -0.3 is 31.9 Å². The quantitative estimate of drug-likeness (QED) is 0.195.